The van der Waals surface area contributed by atoms with Crippen molar-refractivity contribution < 1.29 is 4.79 Å². The average Bonchev–Trinajstić information content (AvgIpc) is 2.49. The molecule has 0 aliphatic carbocycles. The van der Waals surface area contributed by atoms with Crippen molar-refractivity contribution in [2.24, 2.45) is 7.05 Å². The number of nitrogens with zero attached hydrogens (tertiary/aromatic N) is 2. The second-order valence-electron chi connectivity index (χ2n) is 4.62. The predicted molar refractivity (Wildman–Crippen MR) is 72.6 cm³/mol. The van der Waals surface area contributed by atoms with Crippen molar-refractivity contribution in [2.75, 3.05) is 6.54 Å². The Morgan fingerprint density at radius 1 is 1.50 bits per heavy atom. The fraction of sp³-hybridized carbons (Fsp3) is 0.667. The summed E-state index contributed by atoms with van der Waals surface area (Å²) in [5.41, 5.74) is 1.77. The number of aryl methyl sites for hydroxylation is 2. The van der Waals surface area contributed by atoms with Crippen molar-refractivity contribution in [1.29, 1.82) is 0 Å². The van der Waals surface area contributed by atoms with Gasteiger partial charge in [0.1, 0.15) is 0 Å². The molecule has 0 fully saturated rings. The fourth-order valence-corrected chi connectivity index (χ4v) is 1.90. The van der Waals surface area contributed by atoms with Crippen LogP contribution < -0.4 is 10.6 Å². The van der Waals surface area contributed by atoms with Crippen LogP contribution in [0.1, 0.15) is 31.7 Å². The third-order valence-corrected chi connectivity index (χ3v) is 3.02. The highest BCUT2D eigenvalue weighted by molar-refractivity contribution is 6.31. The molecule has 0 aliphatic rings. The lowest BCUT2D eigenvalue weighted by Crippen LogP contribution is -2.32. The van der Waals surface area contributed by atoms with Gasteiger partial charge in [0, 0.05) is 32.6 Å². The molecule has 0 saturated carbocycles. The molecular weight excluding hydrogens is 252 g/mol. The molecule has 1 amide bonds. The molecule has 1 aromatic rings. The van der Waals surface area contributed by atoms with E-state index in [9.17, 15) is 4.79 Å². The first-order valence-corrected chi connectivity index (χ1v) is 6.47. The van der Waals surface area contributed by atoms with Gasteiger partial charge in [0.15, 0.2) is 0 Å². The number of rotatable bonds is 6. The Labute approximate surface area is 113 Å². The Morgan fingerprint density at radius 2 is 2.17 bits per heavy atom. The van der Waals surface area contributed by atoms with E-state index < -0.39 is 0 Å². The smallest absolute Gasteiger partial charge is 0.221 e. The zero-order valence-corrected chi connectivity index (χ0v) is 12.1. The summed E-state index contributed by atoms with van der Waals surface area (Å²) >= 11 is 6.12. The second kappa shape index (κ2) is 6.75. The predicted octanol–water partition coefficient (Wildman–Crippen LogP) is 1.39. The van der Waals surface area contributed by atoms with E-state index in [1.807, 2.05) is 27.8 Å². The monoisotopic (exact) mass is 272 g/mol. The molecule has 18 heavy (non-hydrogen) atoms. The Hall–Kier alpha value is -1.07. The minimum absolute atomic E-state index is 0.0600. The largest absolute Gasteiger partial charge is 0.354 e. The van der Waals surface area contributed by atoms with Gasteiger partial charge in [-0.25, -0.2) is 0 Å². The molecule has 0 aliphatic heterocycles. The van der Waals surface area contributed by atoms with E-state index in [1.165, 1.54) is 0 Å². The minimum Gasteiger partial charge on any atom is -0.354 e. The lowest BCUT2D eigenvalue weighted by atomic mass is 10.3. The summed E-state index contributed by atoms with van der Waals surface area (Å²) in [5.74, 6) is 0.0600. The molecule has 0 radical (unpaired) electrons. The molecule has 0 saturated heterocycles. The van der Waals surface area contributed by atoms with Crippen LogP contribution in [-0.4, -0.2) is 28.3 Å². The van der Waals surface area contributed by atoms with Crippen LogP contribution in [0.4, 0.5) is 0 Å². The van der Waals surface area contributed by atoms with E-state index in [-0.39, 0.29) is 11.9 Å². The molecule has 5 nitrogen and oxygen atoms in total. The molecule has 0 atom stereocenters. The highest BCUT2D eigenvalue weighted by Gasteiger charge is 2.10. The third-order valence-electron chi connectivity index (χ3n) is 2.53. The van der Waals surface area contributed by atoms with Crippen molar-refractivity contribution in [3.63, 3.8) is 0 Å². The first-order valence-electron chi connectivity index (χ1n) is 6.10. The maximum absolute atomic E-state index is 11.4. The molecule has 1 rings (SSSR count). The normalized spacial score (nSPS) is 11.0. The van der Waals surface area contributed by atoms with Gasteiger partial charge >= 0.3 is 0 Å². The van der Waals surface area contributed by atoms with Crippen LogP contribution in [0.25, 0.3) is 0 Å². The maximum atomic E-state index is 11.4. The van der Waals surface area contributed by atoms with Gasteiger partial charge in [0.25, 0.3) is 0 Å². The number of carbonyl (C=O) groups is 1. The van der Waals surface area contributed by atoms with E-state index >= 15 is 0 Å². The summed E-state index contributed by atoms with van der Waals surface area (Å²) in [6.07, 6.45) is 0.465. The molecule has 1 heterocycles. The number of amides is 1. The second-order valence-corrected chi connectivity index (χ2v) is 5.00. The highest BCUT2D eigenvalue weighted by atomic mass is 35.5. The lowest BCUT2D eigenvalue weighted by Gasteiger charge is -2.09. The Bertz CT molecular complexity index is 414. The molecule has 2 N–H and O–H groups in total. The third kappa shape index (κ3) is 4.31. The molecule has 1 aromatic heterocycles. The van der Waals surface area contributed by atoms with Crippen LogP contribution in [0, 0.1) is 6.92 Å². The van der Waals surface area contributed by atoms with Crippen LogP contribution in [0.5, 0.6) is 0 Å². The standard InChI is InChI=1S/C12H21ClN4O/c1-8(2)15-11(18)5-6-14-7-10-12(13)9(3)16-17(10)4/h8,14H,5-7H2,1-4H3,(H,15,18). The Morgan fingerprint density at radius 3 is 2.67 bits per heavy atom. The highest BCUT2D eigenvalue weighted by Crippen LogP contribution is 2.18. The zero-order chi connectivity index (χ0) is 13.7. The molecule has 0 unspecified atom stereocenters. The van der Waals surface area contributed by atoms with Gasteiger partial charge in [-0.15, -0.1) is 0 Å². The number of nitrogens with one attached hydrogen (secondary N) is 2. The minimum atomic E-state index is 0.0600. The van der Waals surface area contributed by atoms with E-state index in [1.54, 1.807) is 4.68 Å². The van der Waals surface area contributed by atoms with Crippen LogP contribution >= 0.6 is 11.6 Å². The zero-order valence-electron chi connectivity index (χ0n) is 11.4. The topological polar surface area (TPSA) is 59.0 Å². The average molecular weight is 273 g/mol. The van der Waals surface area contributed by atoms with E-state index in [4.69, 9.17) is 11.6 Å². The van der Waals surface area contributed by atoms with Crippen molar-refractivity contribution >= 4 is 17.5 Å². The van der Waals surface area contributed by atoms with E-state index in [0.717, 1.165) is 11.4 Å². The van der Waals surface area contributed by atoms with Crippen LogP contribution in [-0.2, 0) is 18.4 Å². The quantitative estimate of drug-likeness (QED) is 0.770. The summed E-state index contributed by atoms with van der Waals surface area (Å²) in [7, 11) is 1.86. The van der Waals surface area contributed by atoms with E-state index in [0.29, 0.717) is 24.5 Å². The van der Waals surface area contributed by atoms with E-state index in [2.05, 4.69) is 15.7 Å². The van der Waals surface area contributed by atoms with Gasteiger partial charge in [-0.3, -0.25) is 9.48 Å². The van der Waals surface area contributed by atoms with Crippen molar-refractivity contribution in [3.05, 3.63) is 16.4 Å². The summed E-state index contributed by atoms with van der Waals surface area (Å²) in [6.45, 7) is 7.01. The Balaban J connectivity index is 2.32. The first-order chi connectivity index (χ1) is 8.41. The number of carbonyl (C=O) groups excluding carboxylic acids is 1. The van der Waals surface area contributed by atoms with Gasteiger partial charge in [0.2, 0.25) is 5.91 Å². The van der Waals surface area contributed by atoms with Crippen LogP contribution in [0.2, 0.25) is 5.02 Å². The van der Waals surface area contributed by atoms with Gasteiger partial charge in [-0.2, -0.15) is 5.10 Å². The van der Waals surface area contributed by atoms with Gasteiger partial charge in [-0.05, 0) is 20.8 Å². The molecule has 0 bridgehead atoms. The van der Waals surface area contributed by atoms with Gasteiger partial charge in [-0.1, -0.05) is 11.6 Å². The van der Waals surface area contributed by atoms with Crippen molar-refractivity contribution in [2.45, 2.75) is 39.8 Å². The maximum Gasteiger partial charge on any atom is 0.221 e. The lowest BCUT2D eigenvalue weighted by molar-refractivity contribution is -0.121. The van der Waals surface area contributed by atoms with Crippen LogP contribution in [0.15, 0.2) is 0 Å². The molecule has 0 aromatic carbocycles. The SMILES string of the molecule is Cc1nn(C)c(CNCCC(=O)NC(C)C)c1Cl. The van der Waals surface area contributed by atoms with Crippen LogP contribution in [0.3, 0.4) is 0 Å². The van der Waals surface area contributed by atoms with Crippen molar-refractivity contribution in [3.8, 4) is 0 Å². The molecule has 6 heteroatoms. The summed E-state index contributed by atoms with van der Waals surface area (Å²) in [6, 6.07) is 0.187. The number of aromatic nitrogens is 2. The number of hydrogen-bond acceptors (Lipinski definition) is 3. The summed E-state index contributed by atoms with van der Waals surface area (Å²) < 4.78 is 1.76. The number of halogens is 1. The first kappa shape index (κ1) is 15.0. The molecule has 0 spiro atoms. The summed E-state index contributed by atoms with van der Waals surface area (Å²) in [5, 5.41) is 11.0. The van der Waals surface area contributed by atoms with Crippen molar-refractivity contribution in [1.82, 2.24) is 20.4 Å². The van der Waals surface area contributed by atoms with Gasteiger partial charge in [0.05, 0.1) is 16.4 Å². The number of hydrogen-bond donors (Lipinski definition) is 2. The Kier molecular flexibility index (Phi) is 5.62. The fourth-order valence-electron chi connectivity index (χ4n) is 1.67. The van der Waals surface area contributed by atoms with Gasteiger partial charge < -0.3 is 10.6 Å². The molecular formula is C12H21ClN4O. The summed E-state index contributed by atoms with van der Waals surface area (Å²) in [4.78, 5) is 11.4. The molecule has 102 valence electrons.